The molecule has 7 heteroatoms. The fraction of sp³-hybridized carbons (Fsp3) is 0.0952. The first-order valence-electron chi connectivity index (χ1n) is 8.72. The van der Waals surface area contributed by atoms with E-state index in [9.17, 15) is 9.59 Å². The molecule has 7 nitrogen and oxygen atoms in total. The third-order valence-electron chi connectivity index (χ3n) is 4.39. The zero-order valence-electron chi connectivity index (χ0n) is 15.2. The van der Waals surface area contributed by atoms with Gasteiger partial charge < -0.3 is 19.6 Å². The Balaban J connectivity index is 1.80. The van der Waals surface area contributed by atoms with Gasteiger partial charge in [0.15, 0.2) is 0 Å². The predicted molar refractivity (Wildman–Crippen MR) is 108 cm³/mol. The largest absolute Gasteiger partial charge is 0.490 e. The Kier molecular flexibility index (Phi) is 4.63. The molecule has 0 saturated heterocycles. The molecule has 0 fully saturated rings. The van der Waals surface area contributed by atoms with Crippen molar-refractivity contribution >= 4 is 22.5 Å². The van der Waals surface area contributed by atoms with E-state index in [1.807, 2.05) is 53.1 Å². The van der Waals surface area contributed by atoms with Crippen molar-refractivity contribution in [3.63, 3.8) is 0 Å². The number of anilines is 2. The molecule has 0 saturated carbocycles. The molecule has 0 aliphatic rings. The number of ether oxygens (including phenoxy) is 1. The van der Waals surface area contributed by atoms with Gasteiger partial charge in [0.2, 0.25) is 17.3 Å². The highest BCUT2D eigenvalue weighted by Crippen LogP contribution is 2.24. The van der Waals surface area contributed by atoms with Crippen molar-refractivity contribution in [3.8, 4) is 5.75 Å². The second-order valence-corrected chi connectivity index (χ2v) is 6.27. The fourth-order valence-electron chi connectivity index (χ4n) is 3.03. The Morgan fingerprint density at radius 1 is 1.04 bits per heavy atom. The summed E-state index contributed by atoms with van der Waals surface area (Å²) in [5, 5.41) is 4.04. The average molecular weight is 374 g/mol. The van der Waals surface area contributed by atoms with Gasteiger partial charge in [-0.05, 0) is 23.8 Å². The number of benzene rings is 2. The lowest BCUT2D eigenvalue weighted by Gasteiger charge is -2.16. The van der Waals surface area contributed by atoms with Crippen molar-refractivity contribution < 1.29 is 4.74 Å². The van der Waals surface area contributed by atoms with Gasteiger partial charge in [0.05, 0.1) is 31.1 Å². The number of aromatic nitrogens is 3. The Bertz CT molecular complexity index is 1250. The smallest absolute Gasteiger partial charge is 0.316 e. The van der Waals surface area contributed by atoms with Crippen molar-refractivity contribution in [3.05, 3.63) is 93.1 Å². The Morgan fingerprint density at radius 3 is 2.64 bits per heavy atom. The third-order valence-corrected chi connectivity index (χ3v) is 4.39. The number of aromatic amines is 1. The number of nitrogens with zero attached hydrogens (tertiary/aromatic N) is 2. The van der Waals surface area contributed by atoms with E-state index in [4.69, 9.17) is 4.74 Å². The van der Waals surface area contributed by atoms with Gasteiger partial charge in [0, 0.05) is 11.5 Å². The number of nitrogens with one attached hydrogen (secondary N) is 2. The van der Waals surface area contributed by atoms with E-state index in [0.717, 1.165) is 16.6 Å². The highest BCUT2D eigenvalue weighted by molar-refractivity contribution is 5.92. The number of hydrogen-bond donors (Lipinski definition) is 2. The average Bonchev–Trinajstić information content (AvgIpc) is 2.70. The summed E-state index contributed by atoms with van der Waals surface area (Å²) < 4.78 is 6.97. The molecule has 2 heterocycles. The van der Waals surface area contributed by atoms with Gasteiger partial charge in [-0.3, -0.25) is 9.59 Å². The molecule has 0 bridgehead atoms. The maximum Gasteiger partial charge on any atom is 0.316 e. The van der Waals surface area contributed by atoms with E-state index in [1.165, 1.54) is 13.2 Å². The Labute approximate surface area is 160 Å². The van der Waals surface area contributed by atoms with Gasteiger partial charge in [0.1, 0.15) is 0 Å². The van der Waals surface area contributed by atoms with Crippen LogP contribution < -0.4 is 21.2 Å². The van der Waals surface area contributed by atoms with Gasteiger partial charge in [-0.25, -0.2) is 0 Å². The van der Waals surface area contributed by atoms with Crippen molar-refractivity contribution in [1.82, 2.24) is 14.5 Å². The molecule has 0 atom stereocenters. The van der Waals surface area contributed by atoms with Crippen molar-refractivity contribution in [1.29, 1.82) is 0 Å². The molecular weight excluding hydrogens is 356 g/mol. The molecule has 0 aliphatic heterocycles. The van der Waals surface area contributed by atoms with E-state index in [1.54, 1.807) is 12.3 Å². The van der Waals surface area contributed by atoms with Crippen molar-refractivity contribution in [2.45, 2.75) is 6.54 Å². The van der Waals surface area contributed by atoms with Gasteiger partial charge in [-0.2, -0.15) is 4.98 Å². The second-order valence-electron chi connectivity index (χ2n) is 6.27. The molecule has 0 radical (unpaired) electrons. The summed E-state index contributed by atoms with van der Waals surface area (Å²) in [5.41, 5.74) is 1.85. The molecule has 2 N–H and O–H groups in total. The summed E-state index contributed by atoms with van der Waals surface area (Å²) in [6.07, 6.45) is 1.64. The van der Waals surface area contributed by atoms with Gasteiger partial charge >= 0.3 is 5.56 Å². The number of rotatable bonds is 5. The van der Waals surface area contributed by atoms with Crippen LogP contribution in [0.3, 0.4) is 0 Å². The fourth-order valence-corrected chi connectivity index (χ4v) is 3.03. The van der Waals surface area contributed by atoms with Crippen LogP contribution in [0.1, 0.15) is 5.56 Å². The summed E-state index contributed by atoms with van der Waals surface area (Å²) in [6, 6.07) is 18.6. The second kappa shape index (κ2) is 7.40. The summed E-state index contributed by atoms with van der Waals surface area (Å²) in [4.78, 5) is 30.8. The lowest BCUT2D eigenvalue weighted by atomic mass is 10.2. The minimum atomic E-state index is -0.456. The maximum absolute atomic E-state index is 12.2. The van der Waals surface area contributed by atoms with Crippen molar-refractivity contribution in [2.75, 3.05) is 12.4 Å². The van der Waals surface area contributed by atoms with Crippen LogP contribution in [-0.4, -0.2) is 21.6 Å². The van der Waals surface area contributed by atoms with E-state index >= 15 is 0 Å². The summed E-state index contributed by atoms with van der Waals surface area (Å²) in [7, 11) is 1.44. The van der Waals surface area contributed by atoms with Gasteiger partial charge in [-0.15, -0.1) is 0 Å². The van der Waals surface area contributed by atoms with E-state index < -0.39 is 5.56 Å². The lowest BCUT2D eigenvalue weighted by molar-refractivity contribution is 0.402. The highest BCUT2D eigenvalue weighted by atomic mass is 16.5. The molecule has 0 amide bonds. The predicted octanol–water partition coefficient (Wildman–Crippen LogP) is 2.89. The summed E-state index contributed by atoms with van der Waals surface area (Å²) in [5.74, 6) is 0.553. The van der Waals surface area contributed by atoms with Crippen LogP contribution in [0, 0.1) is 0 Å². The minimum Gasteiger partial charge on any atom is -0.490 e. The van der Waals surface area contributed by atoms with Crippen LogP contribution in [0.4, 0.5) is 11.6 Å². The van der Waals surface area contributed by atoms with E-state index in [2.05, 4.69) is 15.3 Å². The third kappa shape index (κ3) is 3.50. The number of fused-ring (bicyclic) bond motifs is 1. The first kappa shape index (κ1) is 17.5. The first-order chi connectivity index (χ1) is 13.6. The van der Waals surface area contributed by atoms with Gasteiger partial charge in [-0.1, -0.05) is 36.4 Å². The highest BCUT2D eigenvalue weighted by Gasteiger charge is 2.11. The SMILES string of the molecule is COc1cn(Cc2ccccc2)c(Nc2cccc3[nH]c(=O)ccc23)nc1=O. The molecular formula is C21H18N4O3. The molecule has 0 unspecified atom stereocenters. The van der Waals surface area contributed by atoms with Crippen molar-refractivity contribution in [2.24, 2.45) is 0 Å². The number of hydrogen-bond acceptors (Lipinski definition) is 5. The van der Waals surface area contributed by atoms with Crippen LogP contribution in [-0.2, 0) is 6.54 Å². The number of pyridine rings is 1. The molecule has 4 rings (SSSR count). The molecule has 0 aliphatic carbocycles. The van der Waals surface area contributed by atoms with Gasteiger partial charge in [0.25, 0.3) is 0 Å². The standard InChI is InChI=1S/C21H18N4O3/c1-28-18-13-25(12-14-6-3-2-4-7-14)21(24-20(18)27)23-17-9-5-8-16-15(17)10-11-19(26)22-16/h2-11,13H,12H2,1H3,(H,22,26)(H,23,24,27). The number of H-pyrrole nitrogens is 1. The molecule has 0 spiro atoms. The lowest BCUT2D eigenvalue weighted by Crippen LogP contribution is -2.18. The number of methoxy groups -OCH3 is 1. The Hall–Kier alpha value is -3.87. The Morgan fingerprint density at radius 2 is 1.86 bits per heavy atom. The topological polar surface area (TPSA) is 89.0 Å². The van der Waals surface area contributed by atoms with Crippen LogP contribution in [0.2, 0.25) is 0 Å². The van der Waals surface area contributed by atoms with E-state index in [0.29, 0.717) is 18.0 Å². The van der Waals surface area contributed by atoms with Crippen LogP contribution >= 0.6 is 0 Å². The molecule has 4 aromatic rings. The molecule has 2 aromatic carbocycles. The van der Waals surface area contributed by atoms with E-state index in [-0.39, 0.29) is 11.3 Å². The van der Waals surface area contributed by atoms with Crippen LogP contribution in [0.5, 0.6) is 5.75 Å². The van der Waals surface area contributed by atoms with Crippen LogP contribution in [0.25, 0.3) is 10.9 Å². The zero-order chi connectivity index (χ0) is 19.5. The molecule has 140 valence electrons. The quantitative estimate of drug-likeness (QED) is 0.561. The monoisotopic (exact) mass is 374 g/mol. The zero-order valence-corrected chi connectivity index (χ0v) is 15.2. The molecule has 2 aromatic heterocycles. The summed E-state index contributed by atoms with van der Waals surface area (Å²) in [6.45, 7) is 0.508. The van der Waals surface area contributed by atoms with Crippen LogP contribution in [0.15, 0.2) is 76.4 Å². The summed E-state index contributed by atoms with van der Waals surface area (Å²) >= 11 is 0. The maximum atomic E-state index is 12.2. The molecule has 28 heavy (non-hydrogen) atoms. The first-order valence-corrected chi connectivity index (χ1v) is 8.72. The minimum absolute atomic E-state index is 0.170. The normalized spacial score (nSPS) is 10.8.